The number of benzene rings is 2. The molecule has 0 amide bonds. The Hall–Kier alpha value is -2.09. The van der Waals surface area contributed by atoms with Gasteiger partial charge in [0.05, 0.1) is 6.04 Å². The van der Waals surface area contributed by atoms with Crippen molar-refractivity contribution in [3.05, 3.63) is 65.7 Å². The first kappa shape index (κ1) is 12.9. The smallest absolute Gasteiger partial charge is 0.165 e. The van der Waals surface area contributed by atoms with Gasteiger partial charge in [0, 0.05) is 24.2 Å². The number of carbonyl (C=O) groups is 1. The molecule has 0 spiro atoms. The zero-order valence-corrected chi connectivity index (χ0v) is 11.8. The van der Waals surface area contributed by atoms with Crippen LogP contribution in [0.15, 0.2) is 54.6 Å². The molecule has 1 heterocycles. The van der Waals surface area contributed by atoms with Crippen LogP contribution in [0.1, 0.15) is 41.7 Å². The first-order chi connectivity index (χ1) is 9.77. The second-order valence-electron chi connectivity index (χ2n) is 5.32. The summed E-state index contributed by atoms with van der Waals surface area (Å²) < 4.78 is 0. The lowest BCUT2D eigenvalue weighted by Gasteiger charge is -2.31. The second kappa shape index (κ2) is 5.49. The molecule has 0 saturated carbocycles. The number of nitrogens with zero attached hydrogens (tertiary/aromatic N) is 1. The molecule has 2 heteroatoms. The van der Waals surface area contributed by atoms with E-state index in [-0.39, 0.29) is 11.8 Å². The number of rotatable bonds is 2. The summed E-state index contributed by atoms with van der Waals surface area (Å²) >= 11 is 0. The molecule has 1 aliphatic heterocycles. The van der Waals surface area contributed by atoms with Gasteiger partial charge in [-0.25, -0.2) is 0 Å². The second-order valence-corrected chi connectivity index (χ2v) is 5.32. The molecular weight excluding hydrogens is 246 g/mol. The minimum Gasteiger partial charge on any atom is -0.364 e. The van der Waals surface area contributed by atoms with Gasteiger partial charge < -0.3 is 4.90 Å². The number of hydrogen-bond donors (Lipinski definition) is 0. The number of anilines is 1. The summed E-state index contributed by atoms with van der Waals surface area (Å²) in [6.07, 6.45) is 1.57. The topological polar surface area (TPSA) is 20.3 Å². The van der Waals surface area contributed by atoms with Crippen molar-refractivity contribution in [3.8, 4) is 0 Å². The average molecular weight is 265 g/mol. The van der Waals surface area contributed by atoms with Crippen LogP contribution in [0.4, 0.5) is 5.69 Å². The van der Waals surface area contributed by atoms with E-state index >= 15 is 0 Å². The molecule has 20 heavy (non-hydrogen) atoms. The molecule has 2 aromatic carbocycles. The van der Waals surface area contributed by atoms with E-state index in [0.717, 1.165) is 24.2 Å². The van der Waals surface area contributed by atoms with Crippen molar-refractivity contribution in [1.82, 2.24) is 0 Å². The highest BCUT2D eigenvalue weighted by molar-refractivity contribution is 6.02. The van der Waals surface area contributed by atoms with Crippen molar-refractivity contribution >= 4 is 11.5 Å². The summed E-state index contributed by atoms with van der Waals surface area (Å²) in [7, 11) is 0. The van der Waals surface area contributed by atoms with Gasteiger partial charge in [-0.1, -0.05) is 42.5 Å². The maximum atomic E-state index is 12.2. The van der Waals surface area contributed by atoms with Gasteiger partial charge in [-0.2, -0.15) is 0 Å². The van der Waals surface area contributed by atoms with Crippen molar-refractivity contribution in [2.24, 2.45) is 0 Å². The van der Waals surface area contributed by atoms with Gasteiger partial charge in [-0.05, 0) is 31.0 Å². The number of hydrogen-bond acceptors (Lipinski definition) is 2. The molecule has 0 aliphatic carbocycles. The Morgan fingerprint density at radius 3 is 2.50 bits per heavy atom. The van der Waals surface area contributed by atoms with E-state index < -0.39 is 0 Å². The third-order valence-electron chi connectivity index (χ3n) is 4.07. The minimum atomic E-state index is 0.267. The Morgan fingerprint density at radius 2 is 1.70 bits per heavy atom. The summed E-state index contributed by atoms with van der Waals surface area (Å²) in [4.78, 5) is 14.5. The average Bonchev–Trinajstić information content (AvgIpc) is 2.67. The van der Waals surface area contributed by atoms with Crippen LogP contribution in [0.2, 0.25) is 0 Å². The standard InChI is InChI=1S/C18H19NO/c1-14(15-8-3-2-4-9-15)19-13-7-12-18(20)16-10-5-6-11-17(16)19/h2-6,8-11,14H,7,12-13H2,1H3. The molecule has 102 valence electrons. The molecule has 0 bridgehead atoms. The summed E-state index contributed by atoms with van der Waals surface area (Å²) in [5.74, 6) is 0.267. The molecule has 0 saturated heterocycles. The van der Waals surface area contributed by atoms with Crippen molar-refractivity contribution in [3.63, 3.8) is 0 Å². The third kappa shape index (κ3) is 2.34. The Kier molecular flexibility index (Phi) is 3.55. The molecule has 2 aromatic rings. The summed E-state index contributed by atoms with van der Waals surface area (Å²) in [6.45, 7) is 3.14. The van der Waals surface area contributed by atoms with Crippen molar-refractivity contribution < 1.29 is 4.79 Å². The predicted octanol–water partition coefficient (Wildman–Crippen LogP) is 4.23. The highest BCUT2D eigenvalue weighted by Gasteiger charge is 2.24. The fourth-order valence-electron chi connectivity index (χ4n) is 2.94. The highest BCUT2D eigenvalue weighted by Crippen LogP contribution is 2.32. The number of para-hydroxylation sites is 1. The van der Waals surface area contributed by atoms with Gasteiger partial charge in [-0.15, -0.1) is 0 Å². The number of fused-ring (bicyclic) bond motifs is 1. The SMILES string of the molecule is CC(c1ccccc1)N1CCCC(=O)c2ccccc21. The van der Waals surface area contributed by atoms with Crippen LogP contribution in [0.3, 0.4) is 0 Å². The lowest BCUT2D eigenvalue weighted by atomic mass is 10.0. The van der Waals surface area contributed by atoms with Gasteiger partial charge >= 0.3 is 0 Å². The van der Waals surface area contributed by atoms with Gasteiger partial charge in [0.25, 0.3) is 0 Å². The summed E-state index contributed by atoms with van der Waals surface area (Å²) in [5.41, 5.74) is 3.23. The monoisotopic (exact) mass is 265 g/mol. The fraction of sp³-hybridized carbons (Fsp3) is 0.278. The third-order valence-corrected chi connectivity index (χ3v) is 4.07. The van der Waals surface area contributed by atoms with Crippen LogP contribution in [-0.2, 0) is 0 Å². The number of carbonyl (C=O) groups excluding carboxylic acids is 1. The fourth-order valence-corrected chi connectivity index (χ4v) is 2.94. The quantitative estimate of drug-likeness (QED) is 0.810. The molecule has 3 rings (SSSR count). The van der Waals surface area contributed by atoms with Crippen LogP contribution >= 0.6 is 0 Å². The van der Waals surface area contributed by atoms with E-state index in [1.54, 1.807) is 0 Å². The number of Topliss-reactive ketones (excluding diaryl/α,β-unsaturated/α-hetero) is 1. The van der Waals surface area contributed by atoms with Gasteiger partial charge in [-0.3, -0.25) is 4.79 Å². The van der Waals surface area contributed by atoms with E-state index in [1.807, 2.05) is 24.3 Å². The molecule has 0 radical (unpaired) electrons. The van der Waals surface area contributed by atoms with E-state index in [1.165, 1.54) is 5.56 Å². The molecule has 1 atom stereocenters. The van der Waals surface area contributed by atoms with Crippen LogP contribution < -0.4 is 4.90 Å². The Balaban J connectivity index is 2.01. The van der Waals surface area contributed by atoms with Crippen molar-refractivity contribution in [1.29, 1.82) is 0 Å². The molecular formula is C18H19NO. The zero-order valence-electron chi connectivity index (χ0n) is 11.8. The molecule has 0 aromatic heterocycles. The molecule has 1 aliphatic rings. The maximum Gasteiger partial charge on any atom is 0.165 e. The van der Waals surface area contributed by atoms with Crippen LogP contribution in [0.5, 0.6) is 0 Å². The largest absolute Gasteiger partial charge is 0.364 e. The first-order valence-corrected chi connectivity index (χ1v) is 7.21. The van der Waals surface area contributed by atoms with E-state index in [0.29, 0.717) is 6.42 Å². The maximum absolute atomic E-state index is 12.2. The molecule has 0 fully saturated rings. The van der Waals surface area contributed by atoms with E-state index in [9.17, 15) is 4.79 Å². The van der Waals surface area contributed by atoms with Gasteiger partial charge in [0.1, 0.15) is 0 Å². The van der Waals surface area contributed by atoms with Gasteiger partial charge in [0.15, 0.2) is 5.78 Å². The molecule has 0 N–H and O–H groups in total. The first-order valence-electron chi connectivity index (χ1n) is 7.21. The normalized spacial score (nSPS) is 16.4. The van der Waals surface area contributed by atoms with E-state index in [2.05, 4.69) is 42.2 Å². The predicted molar refractivity (Wildman–Crippen MR) is 82.2 cm³/mol. The number of ketones is 1. The summed E-state index contributed by atoms with van der Waals surface area (Å²) in [6, 6.07) is 18.8. The highest BCUT2D eigenvalue weighted by atomic mass is 16.1. The van der Waals surface area contributed by atoms with Crippen molar-refractivity contribution in [2.75, 3.05) is 11.4 Å². The van der Waals surface area contributed by atoms with Gasteiger partial charge in [0.2, 0.25) is 0 Å². The lowest BCUT2D eigenvalue weighted by Crippen LogP contribution is -2.27. The molecule has 2 nitrogen and oxygen atoms in total. The Morgan fingerprint density at radius 1 is 1.00 bits per heavy atom. The van der Waals surface area contributed by atoms with Crippen molar-refractivity contribution in [2.45, 2.75) is 25.8 Å². The minimum absolute atomic E-state index is 0.267. The van der Waals surface area contributed by atoms with Crippen LogP contribution in [-0.4, -0.2) is 12.3 Å². The lowest BCUT2D eigenvalue weighted by molar-refractivity contribution is 0.0984. The zero-order chi connectivity index (χ0) is 13.9. The Labute approximate surface area is 120 Å². The van der Waals surface area contributed by atoms with E-state index in [4.69, 9.17) is 0 Å². The summed E-state index contributed by atoms with van der Waals surface area (Å²) in [5, 5.41) is 0. The Bertz CT molecular complexity index is 606. The molecule has 1 unspecified atom stereocenters. The van der Waals surface area contributed by atoms with Crippen LogP contribution in [0.25, 0.3) is 0 Å². The van der Waals surface area contributed by atoms with Crippen LogP contribution in [0, 0.1) is 0 Å².